The molecule has 7 heteroatoms. The van der Waals surface area contributed by atoms with Crippen molar-refractivity contribution in [1.82, 2.24) is 5.32 Å². The average Bonchev–Trinajstić information content (AvgIpc) is 3.30. The maximum absolute atomic E-state index is 14.4. The fourth-order valence-electron chi connectivity index (χ4n) is 4.26. The van der Waals surface area contributed by atoms with Crippen LogP contribution in [0.1, 0.15) is 40.7 Å². The van der Waals surface area contributed by atoms with Crippen LogP contribution >= 0.6 is 0 Å². The number of carbonyl (C=O) groups excluding carboxylic acids is 1. The van der Waals surface area contributed by atoms with Gasteiger partial charge in [0.25, 0.3) is 0 Å². The molecule has 1 atom stereocenters. The minimum Gasteiger partial charge on any atom is -0.316 e. The topological polar surface area (TPSA) is 79.5 Å². The third-order valence-electron chi connectivity index (χ3n) is 5.49. The van der Waals surface area contributed by atoms with Crippen LogP contribution in [0.15, 0.2) is 33.5 Å². The Morgan fingerprint density at radius 2 is 1.82 bits per heavy atom. The van der Waals surface area contributed by atoms with Crippen LogP contribution in [0.2, 0.25) is 0 Å². The van der Waals surface area contributed by atoms with Crippen molar-refractivity contribution in [2.75, 3.05) is 12.4 Å². The zero-order chi connectivity index (χ0) is 19.7. The van der Waals surface area contributed by atoms with Crippen LogP contribution in [0.3, 0.4) is 0 Å². The van der Waals surface area contributed by atoms with E-state index < -0.39 is 22.7 Å². The Bertz CT molecular complexity index is 941. The predicted octanol–water partition coefficient (Wildman–Crippen LogP) is 3.79. The molecule has 0 aromatic heterocycles. The van der Waals surface area contributed by atoms with Gasteiger partial charge in [-0.05, 0) is 85.5 Å². The summed E-state index contributed by atoms with van der Waals surface area (Å²) in [4.78, 5) is 12.8. The number of rotatable bonds is 4. The monoisotopic (exact) mass is 400 g/mol. The highest BCUT2D eigenvalue weighted by molar-refractivity contribution is 7.85. The first kappa shape index (κ1) is 19.2. The van der Waals surface area contributed by atoms with Gasteiger partial charge in [0.1, 0.15) is 5.82 Å². The van der Waals surface area contributed by atoms with Crippen LogP contribution in [0.5, 0.6) is 0 Å². The number of carbonyl (C=O) groups is 1. The molecule has 4 rings (SSSR count). The Morgan fingerprint density at radius 3 is 2.43 bits per heavy atom. The molecule has 5 nitrogen and oxygen atoms in total. The molecule has 148 valence electrons. The maximum atomic E-state index is 14.4. The van der Waals surface area contributed by atoms with Gasteiger partial charge in [-0.1, -0.05) is 12.1 Å². The van der Waals surface area contributed by atoms with Gasteiger partial charge in [0.05, 0.1) is 4.90 Å². The highest BCUT2D eigenvalue weighted by Crippen LogP contribution is 2.38. The largest absolute Gasteiger partial charge is 0.352 e. The molecule has 0 saturated carbocycles. The first-order chi connectivity index (χ1) is 13.6. The fraction of sp³-hybridized carbons (Fsp3) is 0.381. The highest BCUT2D eigenvalue weighted by atomic mass is 32.2. The first-order valence-corrected chi connectivity index (χ1v) is 10.9. The molecule has 2 aliphatic carbocycles. The summed E-state index contributed by atoms with van der Waals surface area (Å²) in [6.07, 6.45) is 6.32. The van der Waals surface area contributed by atoms with E-state index in [0.29, 0.717) is 6.54 Å². The number of nitrogens with two attached hydrogens (primary N) is 1. The first-order valence-electron chi connectivity index (χ1n) is 9.68. The van der Waals surface area contributed by atoms with E-state index in [-0.39, 0.29) is 4.90 Å². The van der Waals surface area contributed by atoms with Crippen LogP contribution in [-0.2, 0) is 43.1 Å². The Labute approximate surface area is 167 Å². The number of halogens is 1. The van der Waals surface area contributed by atoms with Gasteiger partial charge in [-0.15, -0.1) is 0 Å². The van der Waals surface area contributed by atoms with E-state index in [1.165, 1.54) is 28.3 Å². The van der Waals surface area contributed by atoms with E-state index in [1.807, 2.05) is 0 Å². The van der Waals surface area contributed by atoms with E-state index in [1.54, 1.807) is 19.2 Å². The molecule has 0 radical (unpaired) electrons. The van der Waals surface area contributed by atoms with Crippen molar-refractivity contribution < 1.29 is 9.18 Å². The lowest BCUT2D eigenvalue weighted by molar-refractivity contribution is 0.260. The molecule has 2 amide bonds. The number of hydrogen-bond acceptors (Lipinski definition) is 2. The van der Waals surface area contributed by atoms with Crippen LogP contribution in [0, 0.1) is 5.82 Å². The van der Waals surface area contributed by atoms with Gasteiger partial charge in [-0.25, -0.2) is 9.18 Å². The molecular weight excluding hydrogens is 375 g/mol. The van der Waals surface area contributed by atoms with Crippen LogP contribution in [0.4, 0.5) is 14.9 Å². The van der Waals surface area contributed by atoms with Crippen molar-refractivity contribution in [1.29, 1.82) is 0 Å². The zero-order valence-electron chi connectivity index (χ0n) is 16.0. The standard InChI is InChI=1S/C21H25FN4OS/c1-24-12-13-8-9-19(18(22)10-13)28(23)26-21(27)25-20-16-6-2-4-14(16)11-15-5-3-7-17(15)20/h8-11,24H,2-7,12H2,1H3,(H3,23,25,26,27). The van der Waals surface area contributed by atoms with E-state index in [4.69, 9.17) is 5.14 Å². The summed E-state index contributed by atoms with van der Waals surface area (Å²) in [5.74, 6) is -0.434. The van der Waals surface area contributed by atoms with Crippen LogP contribution in [-0.4, -0.2) is 13.1 Å². The number of nitrogens with one attached hydrogen (secondary N) is 2. The summed E-state index contributed by atoms with van der Waals surface area (Å²) in [6, 6.07) is 6.65. The lowest BCUT2D eigenvalue weighted by Crippen LogP contribution is -2.15. The van der Waals surface area contributed by atoms with E-state index in [9.17, 15) is 9.18 Å². The van der Waals surface area contributed by atoms with Gasteiger partial charge in [0.15, 0.2) is 0 Å². The minimum absolute atomic E-state index is 0.249. The van der Waals surface area contributed by atoms with Crippen LogP contribution in [0.25, 0.3) is 0 Å². The van der Waals surface area contributed by atoms with Gasteiger partial charge >= 0.3 is 6.03 Å². The molecule has 2 aromatic rings. The molecule has 2 aromatic carbocycles. The predicted molar refractivity (Wildman–Crippen MR) is 111 cm³/mol. The average molecular weight is 401 g/mol. The number of benzene rings is 2. The van der Waals surface area contributed by atoms with Crippen molar-refractivity contribution in [3.05, 3.63) is 57.9 Å². The Balaban J connectivity index is 1.58. The molecule has 4 N–H and O–H groups in total. The summed E-state index contributed by atoms with van der Waals surface area (Å²) < 4.78 is 18.4. The number of aryl methyl sites for hydroxylation is 2. The summed E-state index contributed by atoms with van der Waals surface area (Å²) in [7, 11) is 0.462. The van der Waals surface area contributed by atoms with Gasteiger partial charge in [0.2, 0.25) is 0 Å². The van der Waals surface area contributed by atoms with Gasteiger partial charge in [-0.2, -0.15) is 4.36 Å². The number of amides is 2. The third-order valence-corrected chi connectivity index (χ3v) is 6.63. The number of urea groups is 1. The minimum atomic E-state index is -1.34. The lowest BCUT2D eigenvalue weighted by atomic mass is 9.99. The molecule has 2 aliphatic rings. The summed E-state index contributed by atoms with van der Waals surface area (Å²) in [5, 5.41) is 12.0. The molecule has 0 spiro atoms. The van der Waals surface area contributed by atoms with E-state index in [2.05, 4.69) is 21.1 Å². The van der Waals surface area contributed by atoms with Crippen molar-refractivity contribution in [2.45, 2.75) is 50.0 Å². The molecular formula is C21H25FN4OS. The third kappa shape index (κ3) is 3.74. The van der Waals surface area contributed by atoms with Crippen molar-refractivity contribution >= 4 is 22.6 Å². The molecule has 0 saturated heterocycles. The molecule has 0 bridgehead atoms. The fourth-order valence-corrected chi connectivity index (χ4v) is 5.05. The smallest absolute Gasteiger partial charge is 0.316 e. The number of fused-ring (bicyclic) bond motifs is 2. The number of nitrogens with zero attached hydrogens (tertiary/aromatic N) is 1. The Morgan fingerprint density at radius 1 is 1.14 bits per heavy atom. The second kappa shape index (κ2) is 8.11. The van der Waals surface area contributed by atoms with Gasteiger partial charge < -0.3 is 10.6 Å². The second-order valence-electron chi connectivity index (χ2n) is 7.37. The Hall–Kier alpha value is -2.09. The normalized spacial score (nSPS) is 16.1. The zero-order valence-corrected chi connectivity index (χ0v) is 16.8. The molecule has 28 heavy (non-hydrogen) atoms. The Kier molecular flexibility index (Phi) is 5.57. The van der Waals surface area contributed by atoms with Crippen LogP contribution < -0.4 is 15.8 Å². The van der Waals surface area contributed by atoms with Gasteiger partial charge in [0, 0.05) is 23.1 Å². The highest BCUT2D eigenvalue weighted by Gasteiger charge is 2.25. The lowest BCUT2D eigenvalue weighted by Gasteiger charge is -2.15. The van der Waals surface area contributed by atoms with Crippen molar-refractivity contribution in [3.63, 3.8) is 0 Å². The number of hydrogen-bond donors (Lipinski definition) is 3. The van der Waals surface area contributed by atoms with E-state index >= 15 is 0 Å². The maximum Gasteiger partial charge on any atom is 0.352 e. The van der Waals surface area contributed by atoms with Gasteiger partial charge in [-0.3, -0.25) is 5.14 Å². The molecule has 0 fully saturated rings. The molecule has 0 aliphatic heterocycles. The summed E-state index contributed by atoms with van der Waals surface area (Å²) in [6.45, 7) is 0.567. The number of anilines is 1. The molecule has 1 unspecified atom stereocenters. The van der Waals surface area contributed by atoms with Crippen molar-refractivity contribution in [2.24, 2.45) is 9.50 Å². The SMILES string of the molecule is CNCc1ccc(S(N)=NC(=O)Nc2c3c(cc4c2CCC4)CCC3)c(F)c1. The second-order valence-corrected chi connectivity index (χ2v) is 8.62. The summed E-state index contributed by atoms with van der Waals surface area (Å²) >= 11 is 0. The van der Waals surface area contributed by atoms with Crippen molar-refractivity contribution in [3.8, 4) is 0 Å². The quantitative estimate of drug-likeness (QED) is 0.731. The summed E-state index contributed by atoms with van der Waals surface area (Å²) in [5.41, 5.74) is 6.91. The molecule has 0 heterocycles. The van der Waals surface area contributed by atoms with E-state index in [0.717, 1.165) is 49.8 Å².